The van der Waals surface area contributed by atoms with Crippen molar-refractivity contribution in [3.8, 4) is 0 Å². The van der Waals surface area contributed by atoms with Gasteiger partial charge >= 0.3 is 0 Å². The van der Waals surface area contributed by atoms with Gasteiger partial charge < -0.3 is 0 Å². The molecule has 0 aromatic heterocycles. The lowest BCUT2D eigenvalue weighted by Gasteiger charge is -2.25. The van der Waals surface area contributed by atoms with E-state index in [1.807, 2.05) is 0 Å². The van der Waals surface area contributed by atoms with Crippen molar-refractivity contribution in [2.24, 2.45) is 11.8 Å². The molecule has 0 saturated carbocycles. The quantitative estimate of drug-likeness (QED) is 0.218. The van der Waals surface area contributed by atoms with E-state index in [0.717, 1.165) is 57.8 Å². The molecule has 0 nitrogen and oxygen atoms in total. The number of hydrogen-bond donors (Lipinski definition) is 0. The van der Waals surface area contributed by atoms with Crippen molar-refractivity contribution >= 4 is 5.57 Å². The molecule has 7 rings (SSSR count). The second-order valence-corrected chi connectivity index (χ2v) is 16.3. The summed E-state index contributed by atoms with van der Waals surface area (Å²) < 4.78 is 0. The average Bonchev–Trinajstić information content (AvgIpc) is 3.19. The molecule has 5 aliphatic carbocycles. The van der Waals surface area contributed by atoms with E-state index in [1.54, 1.807) is 5.57 Å². The van der Waals surface area contributed by atoms with Gasteiger partial charge in [0.15, 0.2) is 0 Å². The predicted octanol–water partition coefficient (Wildman–Crippen LogP) is 15.0. The van der Waals surface area contributed by atoms with Crippen LogP contribution >= 0.6 is 0 Å². The molecular formula is C54H58. The molecule has 54 heavy (non-hydrogen) atoms. The summed E-state index contributed by atoms with van der Waals surface area (Å²) in [6.45, 7) is 9.05. The zero-order chi connectivity index (χ0) is 37.3. The second kappa shape index (κ2) is 17.9. The van der Waals surface area contributed by atoms with E-state index >= 15 is 0 Å². The van der Waals surface area contributed by atoms with Gasteiger partial charge in [0.25, 0.3) is 0 Å². The predicted molar refractivity (Wildman–Crippen MR) is 234 cm³/mol. The molecule has 3 atom stereocenters. The second-order valence-electron chi connectivity index (χ2n) is 16.3. The molecule has 3 unspecified atom stereocenters. The zero-order valence-electron chi connectivity index (χ0n) is 33.0. The molecule has 0 amide bonds. The molecule has 0 spiro atoms. The number of aryl methyl sites for hydroxylation is 2. The lowest BCUT2D eigenvalue weighted by molar-refractivity contribution is 0.687. The van der Waals surface area contributed by atoms with Gasteiger partial charge in [-0.15, -0.1) is 0 Å². The van der Waals surface area contributed by atoms with Crippen molar-refractivity contribution < 1.29 is 0 Å². The Kier molecular flexibility index (Phi) is 12.4. The van der Waals surface area contributed by atoms with Crippen LogP contribution < -0.4 is 0 Å². The van der Waals surface area contributed by atoms with Crippen LogP contribution in [0.1, 0.15) is 99.8 Å². The Hall–Kier alpha value is -4.94. The van der Waals surface area contributed by atoms with Gasteiger partial charge in [0, 0.05) is 5.92 Å². The summed E-state index contributed by atoms with van der Waals surface area (Å²) in [5.41, 5.74) is 18.2. The van der Waals surface area contributed by atoms with Crippen LogP contribution in [0.5, 0.6) is 0 Å². The first-order valence-corrected chi connectivity index (χ1v) is 20.5. The van der Waals surface area contributed by atoms with Crippen molar-refractivity contribution in [2.45, 2.75) is 91.4 Å². The smallest absolute Gasteiger partial charge is 0.0123 e. The Labute approximate surface area is 326 Å². The Balaban J connectivity index is 0.971. The molecule has 0 bridgehead atoms. The minimum Gasteiger partial charge on any atom is -0.0837 e. The fraction of sp³-hybridized carbons (Fsp3) is 0.296. The first-order valence-electron chi connectivity index (χ1n) is 20.5. The molecule has 0 aliphatic heterocycles. The van der Waals surface area contributed by atoms with Gasteiger partial charge in [0.2, 0.25) is 0 Å². The van der Waals surface area contributed by atoms with Crippen LogP contribution in [0, 0.1) is 25.7 Å². The van der Waals surface area contributed by atoms with Crippen molar-refractivity contribution in [3.63, 3.8) is 0 Å². The minimum atomic E-state index is 0.428. The first kappa shape index (κ1) is 37.4. The van der Waals surface area contributed by atoms with Crippen LogP contribution in [0.4, 0.5) is 0 Å². The van der Waals surface area contributed by atoms with E-state index in [2.05, 4.69) is 180 Å². The van der Waals surface area contributed by atoms with Crippen LogP contribution in [-0.4, -0.2) is 0 Å². The Morgan fingerprint density at radius 1 is 0.611 bits per heavy atom. The van der Waals surface area contributed by atoms with Crippen LogP contribution in [0.15, 0.2) is 196 Å². The highest BCUT2D eigenvalue weighted by atomic mass is 14.3. The molecule has 2 aromatic rings. The number of rotatable bonds is 11. The average molecular weight is 707 g/mol. The normalized spacial score (nSPS) is 22.6. The van der Waals surface area contributed by atoms with E-state index < -0.39 is 0 Å². The number of allylic oxidation sites excluding steroid dienone is 26. The summed E-state index contributed by atoms with van der Waals surface area (Å²) in [6, 6.07) is 18.1. The third kappa shape index (κ3) is 10.2. The van der Waals surface area contributed by atoms with Gasteiger partial charge in [0.1, 0.15) is 0 Å². The SMILES string of the molecule is Cc1cccc(C(=CC2=CC=C(C=CC3=CC=C(C=CC4=CC=C(CC(C5=CC(C)CC=C5)c5cccc(C)c5)CC4)CC3)CC2)C2=CC(C)CC=C2)c1. The van der Waals surface area contributed by atoms with Crippen molar-refractivity contribution in [3.05, 3.63) is 219 Å². The standard InChI is InChI=1S/C54H58/c1-39-9-5-13-49(33-39)53(50-14-6-10-40(2)34-50)37-47-29-25-45(26-30-47)23-21-43-17-19-44(20-18-43)22-24-46-27-31-48(32-28-46)38-54(51-15-7-11-41(3)35-51)52-16-8-12-42(4)36-52/h5-9,11,13-17,19,21-25,27,29,31,33-37,40,42,54H,10,12,18,20,26,28,30,32,38H2,1-4H3. The summed E-state index contributed by atoms with van der Waals surface area (Å²) >= 11 is 0. The summed E-state index contributed by atoms with van der Waals surface area (Å²) in [5.74, 6) is 1.62. The van der Waals surface area contributed by atoms with Crippen LogP contribution in [0.2, 0.25) is 0 Å². The molecule has 0 saturated heterocycles. The number of benzene rings is 2. The van der Waals surface area contributed by atoms with Crippen LogP contribution in [-0.2, 0) is 0 Å². The van der Waals surface area contributed by atoms with E-state index in [4.69, 9.17) is 0 Å². The van der Waals surface area contributed by atoms with Gasteiger partial charge in [-0.1, -0.05) is 182 Å². The highest BCUT2D eigenvalue weighted by Gasteiger charge is 2.21. The van der Waals surface area contributed by atoms with E-state index in [0.29, 0.717) is 17.8 Å². The van der Waals surface area contributed by atoms with Gasteiger partial charge in [-0.3, -0.25) is 0 Å². The van der Waals surface area contributed by atoms with E-state index in [1.165, 1.54) is 66.8 Å². The maximum absolute atomic E-state index is 2.50. The van der Waals surface area contributed by atoms with Crippen molar-refractivity contribution in [1.82, 2.24) is 0 Å². The van der Waals surface area contributed by atoms with Gasteiger partial charge in [0.05, 0.1) is 0 Å². The van der Waals surface area contributed by atoms with Crippen molar-refractivity contribution in [2.75, 3.05) is 0 Å². The third-order valence-electron chi connectivity index (χ3n) is 11.6. The molecule has 0 heteroatoms. The minimum absolute atomic E-state index is 0.428. The molecule has 0 radical (unpaired) electrons. The molecule has 274 valence electrons. The molecule has 0 fully saturated rings. The fourth-order valence-corrected chi connectivity index (χ4v) is 8.34. The van der Waals surface area contributed by atoms with Gasteiger partial charge in [-0.25, -0.2) is 0 Å². The molecule has 5 aliphatic rings. The van der Waals surface area contributed by atoms with Crippen LogP contribution in [0.3, 0.4) is 0 Å². The van der Waals surface area contributed by atoms with E-state index in [-0.39, 0.29) is 0 Å². The maximum Gasteiger partial charge on any atom is 0.0123 e. The highest BCUT2D eigenvalue weighted by molar-refractivity contribution is 5.84. The van der Waals surface area contributed by atoms with Gasteiger partial charge in [-0.2, -0.15) is 0 Å². The summed E-state index contributed by atoms with van der Waals surface area (Å²) in [5, 5.41) is 0. The monoisotopic (exact) mass is 706 g/mol. The molecule has 0 N–H and O–H groups in total. The van der Waals surface area contributed by atoms with E-state index in [9.17, 15) is 0 Å². The molecule has 0 heterocycles. The third-order valence-corrected chi connectivity index (χ3v) is 11.6. The molecule has 2 aromatic carbocycles. The van der Waals surface area contributed by atoms with Gasteiger partial charge in [-0.05, 0) is 139 Å². The Morgan fingerprint density at radius 3 is 1.72 bits per heavy atom. The van der Waals surface area contributed by atoms with Crippen LogP contribution in [0.25, 0.3) is 5.57 Å². The highest BCUT2D eigenvalue weighted by Crippen LogP contribution is 2.38. The lowest BCUT2D eigenvalue weighted by Crippen LogP contribution is -2.08. The maximum atomic E-state index is 2.50. The number of hydrogen-bond acceptors (Lipinski definition) is 0. The Bertz CT molecular complexity index is 2130. The molecular weight excluding hydrogens is 649 g/mol. The first-order chi connectivity index (χ1) is 26.3. The topological polar surface area (TPSA) is 0 Å². The summed E-state index contributed by atoms with van der Waals surface area (Å²) in [6.07, 6.45) is 50.2. The largest absolute Gasteiger partial charge is 0.0837 e. The zero-order valence-corrected chi connectivity index (χ0v) is 33.0. The van der Waals surface area contributed by atoms with Crippen molar-refractivity contribution in [1.29, 1.82) is 0 Å². The summed E-state index contributed by atoms with van der Waals surface area (Å²) in [7, 11) is 0. The Morgan fingerprint density at radius 2 is 1.17 bits per heavy atom. The fourth-order valence-electron chi connectivity index (χ4n) is 8.34. The lowest BCUT2D eigenvalue weighted by atomic mass is 9.79. The summed E-state index contributed by atoms with van der Waals surface area (Å²) in [4.78, 5) is 0.